The molecule has 0 bridgehead atoms. The minimum Gasteiger partial charge on any atom is -0.432 e. The van der Waals surface area contributed by atoms with Crippen molar-refractivity contribution in [1.82, 2.24) is 19.1 Å². The number of aliphatic hydroxyl groups is 2. The number of aromatic amines is 2. The van der Waals surface area contributed by atoms with E-state index in [1.165, 1.54) is 26.2 Å². The van der Waals surface area contributed by atoms with Crippen LogP contribution in [0.5, 0.6) is 0 Å². The molecule has 7 atom stereocenters. The van der Waals surface area contributed by atoms with Crippen LogP contribution in [0.1, 0.15) is 50.3 Å². The molecule has 0 aliphatic carbocycles. The van der Waals surface area contributed by atoms with E-state index in [1.807, 2.05) is 0 Å². The summed E-state index contributed by atoms with van der Waals surface area (Å²) in [5.74, 6) is -0.537. The Labute approximate surface area is 258 Å². The van der Waals surface area contributed by atoms with Crippen molar-refractivity contribution in [3.05, 3.63) is 65.2 Å². The average Bonchev–Trinajstić information content (AvgIpc) is 3.53. The third-order valence-electron chi connectivity index (χ3n) is 6.86. The van der Waals surface area contributed by atoms with Crippen LogP contribution in [-0.4, -0.2) is 85.1 Å². The number of carbonyl (C=O) groups excluding carboxylic acids is 1. The molecule has 45 heavy (non-hydrogen) atoms. The molecular formula is C25H35N4O14PS. The predicted octanol–water partition coefficient (Wildman–Crippen LogP) is 0.394. The first-order valence-corrected chi connectivity index (χ1v) is 17.0. The van der Waals surface area contributed by atoms with E-state index in [2.05, 4.69) is 9.97 Å². The lowest BCUT2D eigenvalue weighted by Gasteiger charge is -2.25. The summed E-state index contributed by atoms with van der Waals surface area (Å²) in [5, 5.41) is 20.6. The second-order valence-electron chi connectivity index (χ2n) is 10.6. The second-order valence-corrected chi connectivity index (χ2v) is 14.6. The number of hydrogen-bond acceptors (Lipinski definition) is 15. The van der Waals surface area contributed by atoms with Crippen molar-refractivity contribution < 1.29 is 47.6 Å². The number of hydrogen-bond donors (Lipinski definition) is 4. The average molecular weight is 679 g/mol. The lowest BCUT2D eigenvalue weighted by atomic mass is 10.2. The van der Waals surface area contributed by atoms with Crippen LogP contribution in [0.3, 0.4) is 0 Å². The first-order chi connectivity index (χ1) is 21.2. The Balaban J connectivity index is 1.49. The fourth-order valence-electron chi connectivity index (χ4n) is 4.58. The largest absolute Gasteiger partial charge is 0.509 e. The Morgan fingerprint density at radius 2 is 1.58 bits per heavy atom. The van der Waals surface area contributed by atoms with Crippen LogP contribution in [0.25, 0.3) is 0 Å². The summed E-state index contributed by atoms with van der Waals surface area (Å²) in [6, 6.07) is 0. The van der Waals surface area contributed by atoms with Crippen LogP contribution in [0.4, 0.5) is 4.79 Å². The normalized spacial score (nSPS) is 26.2. The molecule has 2 aliphatic heterocycles. The van der Waals surface area contributed by atoms with Crippen molar-refractivity contribution >= 4 is 24.3 Å². The third-order valence-corrected chi connectivity index (χ3v) is 10.2. The van der Waals surface area contributed by atoms with Gasteiger partial charge in [-0.25, -0.2) is 18.9 Å². The molecule has 1 unspecified atom stereocenters. The van der Waals surface area contributed by atoms with Crippen molar-refractivity contribution in [1.29, 1.82) is 0 Å². The fraction of sp³-hybridized carbons (Fsp3) is 0.640. The van der Waals surface area contributed by atoms with Crippen LogP contribution >= 0.6 is 18.2 Å². The number of aryl methyl sites for hydroxylation is 2. The molecule has 2 aromatic rings. The van der Waals surface area contributed by atoms with Gasteiger partial charge in [-0.3, -0.25) is 37.7 Å². The molecule has 2 aromatic heterocycles. The molecule has 250 valence electrons. The number of aromatic nitrogens is 4. The molecule has 2 saturated heterocycles. The number of ether oxygens (including phenoxy) is 4. The van der Waals surface area contributed by atoms with Crippen LogP contribution in [0, 0.1) is 13.8 Å². The van der Waals surface area contributed by atoms with Gasteiger partial charge < -0.3 is 29.2 Å². The molecule has 4 rings (SSSR count). The van der Waals surface area contributed by atoms with Gasteiger partial charge in [0, 0.05) is 47.7 Å². The van der Waals surface area contributed by atoms with Crippen molar-refractivity contribution in [2.24, 2.45) is 0 Å². The van der Waals surface area contributed by atoms with Crippen molar-refractivity contribution in [2.45, 2.75) is 83.5 Å². The highest BCUT2D eigenvalue weighted by Gasteiger charge is 2.44. The molecule has 2 fully saturated rings. The van der Waals surface area contributed by atoms with Crippen LogP contribution in [0.2, 0.25) is 0 Å². The van der Waals surface area contributed by atoms with Crippen LogP contribution in [-0.2, 0) is 32.6 Å². The molecule has 0 radical (unpaired) electrons. The summed E-state index contributed by atoms with van der Waals surface area (Å²) in [6.45, 7) is 0.784. The van der Waals surface area contributed by atoms with Gasteiger partial charge in [-0.15, -0.1) is 0 Å². The van der Waals surface area contributed by atoms with E-state index < -0.39 is 97.6 Å². The van der Waals surface area contributed by atoms with Gasteiger partial charge in [-0.2, -0.15) is 0 Å². The first-order valence-electron chi connectivity index (χ1n) is 13.8. The highest BCUT2D eigenvalue weighted by molar-refractivity contribution is 8.55. The minimum atomic E-state index is -4.31. The summed E-state index contributed by atoms with van der Waals surface area (Å²) < 4.78 is 49.1. The van der Waals surface area contributed by atoms with Gasteiger partial charge in [0.2, 0.25) is 0 Å². The lowest BCUT2D eigenvalue weighted by Crippen LogP contribution is -2.33. The molecule has 2 aliphatic rings. The highest BCUT2D eigenvalue weighted by atomic mass is 32.7. The SMILES string of the molecule is Cc1cn([C@H]2C[C@H](OP(=O)(OC[C@H]3O[C@@H](n4cc(C)c(=O)[nH]c4=O)C[C@@H]3O)SCOC(=O)OC(C)C)[C@@H](CO)O2)c(=O)[nH]c1=O. The van der Waals surface area contributed by atoms with Gasteiger partial charge in [0.05, 0.1) is 25.4 Å². The zero-order valence-electron chi connectivity index (χ0n) is 24.8. The van der Waals surface area contributed by atoms with Crippen molar-refractivity contribution in [2.75, 3.05) is 19.2 Å². The highest BCUT2D eigenvalue weighted by Crippen LogP contribution is 2.63. The molecule has 4 heterocycles. The first kappa shape index (κ1) is 34.8. The van der Waals surface area contributed by atoms with E-state index in [1.54, 1.807) is 13.8 Å². The van der Waals surface area contributed by atoms with Gasteiger partial charge in [0.1, 0.15) is 30.8 Å². The summed E-state index contributed by atoms with van der Waals surface area (Å²) in [5.41, 5.74) is -2.19. The van der Waals surface area contributed by atoms with E-state index in [0.717, 1.165) is 9.13 Å². The third kappa shape index (κ3) is 8.62. The molecular weight excluding hydrogens is 643 g/mol. The Bertz CT molecular complexity index is 1650. The number of rotatable bonds is 12. The zero-order chi connectivity index (χ0) is 33.1. The zero-order valence-corrected chi connectivity index (χ0v) is 26.5. The minimum absolute atomic E-state index is 0.0556. The predicted molar refractivity (Wildman–Crippen MR) is 156 cm³/mol. The lowest BCUT2D eigenvalue weighted by molar-refractivity contribution is -0.0510. The Kier molecular flexibility index (Phi) is 11.3. The summed E-state index contributed by atoms with van der Waals surface area (Å²) in [6.07, 6.45) is -5.53. The number of carbonyl (C=O) groups is 1. The topological polar surface area (TPSA) is 240 Å². The summed E-state index contributed by atoms with van der Waals surface area (Å²) in [7, 11) is 0. The van der Waals surface area contributed by atoms with Crippen molar-refractivity contribution in [3.8, 4) is 0 Å². The molecule has 18 nitrogen and oxygen atoms in total. The Morgan fingerprint density at radius 3 is 2.13 bits per heavy atom. The van der Waals surface area contributed by atoms with E-state index in [4.69, 9.17) is 28.0 Å². The quantitative estimate of drug-likeness (QED) is 0.135. The van der Waals surface area contributed by atoms with Gasteiger partial charge >= 0.3 is 24.3 Å². The number of aliphatic hydroxyl groups excluding tert-OH is 2. The standard InChI is InChI=1S/C25H35N4O14PS/c1-12(2)40-25(36)38-11-45-44(37,39-10-18-15(31)5-19(42-18)28-7-13(3)21(32)26-23(28)34)43-16-6-20(41-17(16)9-30)29-8-14(4)22(33)27-24(29)35/h7-8,12,15-20,30-31H,5-6,9-11H2,1-4H3,(H,26,32,34)(H,27,33,35)/t15-,16-,17+,18+,19+,20+,44?/m0/s1. The maximum Gasteiger partial charge on any atom is 0.509 e. The summed E-state index contributed by atoms with van der Waals surface area (Å²) >= 11 is 0.474. The molecule has 0 amide bonds. The smallest absolute Gasteiger partial charge is 0.432 e. The molecule has 0 saturated carbocycles. The molecule has 0 aromatic carbocycles. The van der Waals surface area contributed by atoms with Crippen LogP contribution in [0.15, 0.2) is 31.6 Å². The maximum atomic E-state index is 14.0. The van der Waals surface area contributed by atoms with Gasteiger partial charge in [-0.05, 0) is 27.7 Å². The van der Waals surface area contributed by atoms with Gasteiger partial charge in [0.15, 0.2) is 5.94 Å². The van der Waals surface area contributed by atoms with E-state index in [-0.39, 0.29) is 24.0 Å². The maximum absolute atomic E-state index is 14.0. The van der Waals surface area contributed by atoms with Crippen molar-refractivity contribution in [3.63, 3.8) is 0 Å². The van der Waals surface area contributed by atoms with E-state index in [0.29, 0.717) is 11.4 Å². The molecule has 4 N–H and O–H groups in total. The van der Waals surface area contributed by atoms with Gasteiger partial charge in [0.25, 0.3) is 11.1 Å². The number of nitrogens with zero attached hydrogens (tertiary/aromatic N) is 2. The fourth-order valence-corrected chi connectivity index (χ4v) is 7.40. The van der Waals surface area contributed by atoms with Gasteiger partial charge in [-0.1, -0.05) is 0 Å². The second kappa shape index (κ2) is 14.6. The number of H-pyrrole nitrogens is 2. The van der Waals surface area contributed by atoms with Crippen LogP contribution < -0.4 is 22.5 Å². The molecule has 0 spiro atoms. The molecule has 20 heteroatoms. The Hall–Kier alpha value is -3.03. The summed E-state index contributed by atoms with van der Waals surface area (Å²) in [4.78, 5) is 64.5. The number of nitrogens with one attached hydrogen (secondary N) is 2. The monoisotopic (exact) mass is 678 g/mol. The Morgan fingerprint density at radius 1 is 1.02 bits per heavy atom. The van der Waals surface area contributed by atoms with E-state index >= 15 is 0 Å². The van der Waals surface area contributed by atoms with E-state index in [9.17, 15) is 38.8 Å².